The van der Waals surface area contributed by atoms with Gasteiger partial charge in [-0.1, -0.05) is 0 Å². The summed E-state index contributed by atoms with van der Waals surface area (Å²) in [5.74, 6) is 1.76. The first-order valence-electron chi connectivity index (χ1n) is 4.76. The van der Waals surface area contributed by atoms with Crippen molar-refractivity contribution in [1.82, 2.24) is 0 Å². The van der Waals surface area contributed by atoms with Crippen LogP contribution in [0.1, 0.15) is 5.56 Å². The largest absolute Gasteiger partial charge is 0.496 e. The zero-order chi connectivity index (χ0) is 11.3. The summed E-state index contributed by atoms with van der Waals surface area (Å²) in [4.78, 5) is 1.11. The van der Waals surface area contributed by atoms with Crippen molar-refractivity contribution in [1.29, 1.82) is 0 Å². The lowest BCUT2D eigenvalue weighted by Crippen LogP contribution is -2.06. The molecule has 84 valence electrons. The molecule has 0 saturated heterocycles. The van der Waals surface area contributed by atoms with E-state index in [-0.39, 0.29) is 0 Å². The number of nitrogens with two attached hydrogens (primary N) is 1. The van der Waals surface area contributed by atoms with Crippen LogP contribution in [-0.2, 0) is 6.42 Å². The molecular formula is C11H17NO2S. The van der Waals surface area contributed by atoms with E-state index in [9.17, 15) is 0 Å². The van der Waals surface area contributed by atoms with E-state index in [1.165, 1.54) is 0 Å². The molecule has 0 aliphatic carbocycles. The van der Waals surface area contributed by atoms with Gasteiger partial charge in [0, 0.05) is 5.56 Å². The molecule has 0 fully saturated rings. The molecule has 0 spiro atoms. The Morgan fingerprint density at radius 2 is 1.80 bits per heavy atom. The van der Waals surface area contributed by atoms with Gasteiger partial charge >= 0.3 is 0 Å². The Hall–Kier alpha value is -0.870. The van der Waals surface area contributed by atoms with Gasteiger partial charge in [0.15, 0.2) is 0 Å². The maximum absolute atomic E-state index is 5.59. The standard InChI is InChI=1S/C11H17NO2S/c1-13-9-4-5-10(14-2)11(15-3)8(9)6-7-12/h4-5H,6-7,12H2,1-3H3. The second-order valence-corrected chi connectivity index (χ2v) is 3.84. The lowest BCUT2D eigenvalue weighted by atomic mass is 10.1. The topological polar surface area (TPSA) is 44.5 Å². The van der Waals surface area contributed by atoms with Gasteiger partial charge in [-0.05, 0) is 31.4 Å². The Morgan fingerprint density at radius 1 is 1.20 bits per heavy atom. The number of rotatable bonds is 5. The van der Waals surface area contributed by atoms with Crippen LogP contribution in [0, 0.1) is 0 Å². The predicted octanol–water partition coefficient (Wildman–Crippen LogP) is 1.93. The molecule has 0 unspecified atom stereocenters. The fourth-order valence-corrected chi connectivity index (χ4v) is 2.35. The first-order valence-corrected chi connectivity index (χ1v) is 5.98. The van der Waals surface area contributed by atoms with Gasteiger partial charge in [-0.3, -0.25) is 0 Å². The summed E-state index contributed by atoms with van der Waals surface area (Å²) in [6.07, 6.45) is 2.83. The number of benzene rings is 1. The van der Waals surface area contributed by atoms with E-state index < -0.39 is 0 Å². The molecule has 0 aliphatic heterocycles. The Bertz CT molecular complexity index is 329. The summed E-state index contributed by atoms with van der Waals surface area (Å²) in [6, 6.07) is 3.84. The minimum Gasteiger partial charge on any atom is -0.496 e. The van der Waals surface area contributed by atoms with Crippen LogP contribution < -0.4 is 15.2 Å². The SMILES string of the molecule is COc1ccc(OC)c(SC)c1CCN. The minimum atomic E-state index is 0.608. The van der Waals surface area contributed by atoms with E-state index in [1.54, 1.807) is 26.0 Å². The van der Waals surface area contributed by atoms with Crippen molar-refractivity contribution in [2.24, 2.45) is 5.73 Å². The highest BCUT2D eigenvalue weighted by Crippen LogP contribution is 2.36. The number of hydrogen-bond donors (Lipinski definition) is 1. The number of thioether (sulfide) groups is 1. The molecule has 0 radical (unpaired) electrons. The molecule has 0 aliphatic rings. The Labute approximate surface area is 94.9 Å². The average molecular weight is 227 g/mol. The van der Waals surface area contributed by atoms with Crippen molar-refractivity contribution in [2.45, 2.75) is 11.3 Å². The second-order valence-electron chi connectivity index (χ2n) is 3.02. The fourth-order valence-electron chi connectivity index (χ4n) is 1.55. The van der Waals surface area contributed by atoms with Gasteiger partial charge in [0.05, 0.1) is 19.1 Å². The maximum Gasteiger partial charge on any atom is 0.132 e. The molecule has 15 heavy (non-hydrogen) atoms. The smallest absolute Gasteiger partial charge is 0.132 e. The predicted molar refractivity (Wildman–Crippen MR) is 64.1 cm³/mol. The second kappa shape index (κ2) is 5.88. The van der Waals surface area contributed by atoms with Crippen LogP contribution in [0.3, 0.4) is 0 Å². The van der Waals surface area contributed by atoms with Gasteiger partial charge in [-0.2, -0.15) is 0 Å². The van der Waals surface area contributed by atoms with Gasteiger partial charge in [0.2, 0.25) is 0 Å². The molecule has 1 aromatic rings. The van der Waals surface area contributed by atoms with Crippen LogP contribution >= 0.6 is 11.8 Å². The molecular weight excluding hydrogens is 210 g/mol. The third-order valence-corrected chi connectivity index (χ3v) is 3.08. The van der Waals surface area contributed by atoms with Crippen LogP contribution in [0.2, 0.25) is 0 Å². The van der Waals surface area contributed by atoms with Crippen LogP contribution in [0.4, 0.5) is 0 Å². The summed E-state index contributed by atoms with van der Waals surface area (Å²) in [6.45, 7) is 0.608. The molecule has 1 aromatic carbocycles. The summed E-state index contributed by atoms with van der Waals surface area (Å²) in [7, 11) is 3.35. The van der Waals surface area contributed by atoms with E-state index >= 15 is 0 Å². The third kappa shape index (κ3) is 2.58. The monoisotopic (exact) mass is 227 g/mol. The van der Waals surface area contributed by atoms with Gasteiger partial charge in [0.25, 0.3) is 0 Å². The zero-order valence-corrected chi connectivity index (χ0v) is 10.2. The highest BCUT2D eigenvalue weighted by atomic mass is 32.2. The summed E-state index contributed by atoms with van der Waals surface area (Å²) in [5.41, 5.74) is 6.72. The van der Waals surface area contributed by atoms with Crippen molar-refractivity contribution >= 4 is 11.8 Å². The van der Waals surface area contributed by atoms with Crippen molar-refractivity contribution < 1.29 is 9.47 Å². The van der Waals surface area contributed by atoms with E-state index in [1.807, 2.05) is 18.4 Å². The maximum atomic E-state index is 5.59. The first kappa shape index (κ1) is 12.2. The van der Waals surface area contributed by atoms with Gasteiger partial charge in [0.1, 0.15) is 11.5 Å². The molecule has 0 aromatic heterocycles. The molecule has 0 atom stereocenters. The third-order valence-electron chi connectivity index (χ3n) is 2.22. The van der Waals surface area contributed by atoms with Crippen LogP contribution in [-0.4, -0.2) is 27.0 Å². The summed E-state index contributed by atoms with van der Waals surface area (Å²) in [5, 5.41) is 0. The van der Waals surface area contributed by atoms with Gasteiger partial charge in [-0.15, -0.1) is 11.8 Å². The van der Waals surface area contributed by atoms with Crippen LogP contribution in [0.25, 0.3) is 0 Å². The van der Waals surface area contributed by atoms with E-state index in [2.05, 4.69) is 0 Å². The normalized spacial score (nSPS) is 10.1. The summed E-state index contributed by atoms with van der Waals surface area (Å²) < 4.78 is 10.6. The lowest BCUT2D eigenvalue weighted by molar-refractivity contribution is 0.389. The van der Waals surface area contributed by atoms with Crippen molar-refractivity contribution in [3.05, 3.63) is 17.7 Å². The molecule has 0 amide bonds. The van der Waals surface area contributed by atoms with E-state index in [0.29, 0.717) is 6.54 Å². The average Bonchev–Trinajstić information content (AvgIpc) is 2.28. The van der Waals surface area contributed by atoms with E-state index in [0.717, 1.165) is 28.4 Å². The highest BCUT2D eigenvalue weighted by Gasteiger charge is 2.12. The number of hydrogen-bond acceptors (Lipinski definition) is 4. The Balaban J connectivity index is 3.24. The van der Waals surface area contributed by atoms with Crippen molar-refractivity contribution in [3.63, 3.8) is 0 Å². The van der Waals surface area contributed by atoms with Gasteiger partial charge < -0.3 is 15.2 Å². The Kier molecular flexibility index (Phi) is 4.78. The molecule has 0 bridgehead atoms. The van der Waals surface area contributed by atoms with E-state index in [4.69, 9.17) is 15.2 Å². The molecule has 0 saturated carbocycles. The van der Waals surface area contributed by atoms with Crippen LogP contribution in [0.15, 0.2) is 17.0 Å². The molecule has 0 heterocycles. The fraction of sp³-hybridized carbons (Fsp3) is 0.455. The molecule has 1 rings (SSSR count). The zero-order valence-electron chi connectivity index (χ0n) is 9.37. The Morgan fingerprint density at radius 3 is 2.27 bits per heavy atom. The lowest BCUT2D eigenvalue weighted by Gasteiger charge is -2.15. The molecule has 2 N–H and O–H groups in total. The highest BCUT2D eigenvalue weighted by molar-refractivity contribution is 7.98. The van der Waals surface area contributed by atoms with Crippen LogP contribution in [0.5, 0.6) is 11.5 Å². The quantitative estimate of drug-likeness (QED) is 0.781. The molecule has 4 heteroatoms. The number of ether oxygens (including phenoxy) is 2. The number of methoxy groups -OCH3 is 2. The van der Waals surface area contributed by atoms with Gasteiger partial charge in [-0.25, -0.2) is 0 Å². The van der Waals surface area contributed by atoms with Crippen molar-refractivity contribution in [2.75, 3.05) is 27.0 Å². The molecule has 3 nitrogen and oxygen atoms in total. The first-order chi connectivity index (χ1) is 7.28. The minimum absolute atomic E-state index is 0.608. The van der Waals surface area contributed by atoms with Crippen molar-refractivity contribution in [3.8, 4) is 11.5 Å². The summed E-state index contributed by atoms with van der Waals surface area (Å²) >= 11 is 1.66.